The van der Waals surface area contributed by atoms with Gasteiger partial charge in [-0.1, -0.05) is 13.0 Å². The van der Waals surface area contributed by atoms with E-state index in [9.17, 15) is 9.18 Å². The lowest BCUT2D eigenvalue weighted by Crippen LogP contribution is -2.38. The number of ether oxygens (including phenoxy) is 1. The number of carbonyl (C=O) groups excluding carboxylic acids is 1. The smallest absolute Gasteiger partial charge is 0.275 e. The van der Waals surface area contributed by atoms with Crippen LogP contribution in [0.5, 0.6) is 5.75 Å². The summed E-state index contributed by atoms with van der Waals surface area (Å²) in [5.41, 5.74) is 0.340. The Morgan fingerprint density at radius 2 is 2.31 bits per heavy atom. The fourth-order valence-electron chi connectivity index (χ4n) is 3.42. The molecule has 6 nitrogen and oxygen atoms in total. The van der Waals surface area contributed by atoms with Gasteiger partial charge in [-0.2, -0.15) is 0 Å². The van der Waals surface area contributed by atoms with Crippen molar-refractivity contribution in [1.29, 1.82) is 0 Å². The van der Waals surface area contributed by atoms with Gasteiger partial charge in [0.15, 0.2) is 12.3 Å². The van der Waals surface area contributed by atoms with E-state index in [2.05, 4.69) is 23.9 Å². The fraction of sp³-hybridized carbons (Fsp3) is 0.474. The number of likely N-dealkylation sites (tertiary alicyclic amines) is 1. The molecule has 0 aliphatic carbocycles. The van der Waals surface area contributed by atoms with Crippen molar-refractivity contribution in [2.24, 2.45) is 5.41 Å². The van der Waals surface area contributed by atoms with Gasteiger partial charge in [-0.3, -0.25) is 4.79 Å². The summed E-state index contributed by atoms with van der Waals surface area (Å²) in [5.74, 6) is 0.101. The molecule has 1 aromatic carbocycles. The molecular weight excluding hydrogens is 337 g/mol. The van der Waals surface area contributed by atoms with Crippen molar-refractivity contribution in [2.45, 2.75) is 20.0 Å². The van der Waals surface area contributed by atoms with Crippen LogP contribution in [0.4, 0.5) is 4.39 Å². The number of oxazole rings is 1. The molecule has 140 valence electrons. The minimum absolute atomic E-state index is 0.0307. The third-order valence-corrected chi connectivity index (χ3v) is 4.64. The number of halogens is 1. The minimum Gasteiger partial charge on any atom is -0.484 e. The molecule has 3 rings (SSSR count). The molecule has 1 aromatic heterocycles. The van der Waals surface area contributed by atoms with E-state index in [-0.39, 0.29) is 35.3 Å². The Morgan fingerprint density at radius 1 is 1.50 bits per heavy atom. The number of carbonyl (C=O) groups is 1. The molecule has 1 fully saturated rings. The molecule has 1 amide bonds. The fourth-order valence-corrected chi connectivity index (χ4v) is 3.42. The van der Waals surface area contributed by atoms with Crippen LogP contribution in [0.25, 0.3) is 0 Å². The van der Waals surface area contributed by atoms with Crippen molar-refractivity contribution in [3.63, 3.8) is 0 Å². The highest BCUT2D eigenvalue weighted by molar-refractivity contribution is 5.91. The molecule has 2 aromatic rings. The number of aromatic nitrogens is 1. The first-order valence-corrected chi connectivity index (χ1v) is 8.61. The Bertz CT molecular complexity index is 779. The van der Waals surface area contributed by atoms with Gasteiger partial charge < -0.3 is 19.0 Å². The van der Waals surface area contributed by atoms with Gasteiger partial charge in [0.25, 0.3) is 5.91 Å². The van der Waals surface area contributed by atoms with E-state index < -0.39 is 0 Å². The Labute approximate surface area is 152 Å². The van der Waals surface area contributed by atoms with Crippen LogP contribution in [0, 0.1) is 11.2 Å². The zero-order valence-electron chi connectivity index (χ0n) is 15.4. The van der Waals surface area contributed by atoms with Crippen LogP contribution in [-0.2, 0) is 6.61 Å². The van der Waals surface area contributed by atoms with Gasteiger partial charge in [0.05, 0.1) is 0 Å². The second-order valence-electron chi connectivity index (χ2n) is 7.33. The maximum absolute atomic E-state index is 13.1. The Morgan fingerprint density at radius 3 is 3.00 bits per heavy atom. The lowest BCUT2D eigenvalue weighted by atomic mass is 9.89. The molecule has 2 heterocycles. The van der Waals surface area contributed by atoms with Crippen molar-refractivity contribution in [3.8, 4) is 5.75 Å². The first kappa shape index (κ1) is 18.4. The SMILES string of the molecule is CN1CCC(C)(CN(C)C(=O)c2coc(COc3cccc(F)c3)n2)C1. The second-order valence-corrected chi connectivity index (χ2v) is 7.33. The molecule has 0 N–H and O–H groups in total. The topological polar surface area (TPSA) is 58.8 Å². The third-order valence-electron chi connectivity index (χ3n) is 4.64. The quantitative estimate of drug-likeness (QED) is 0.792. The maximum Gasteiger partial charge on any atom is 0.275 e. The van der Waals surface area contributed by atoms with Crippen molar-refractivity contribution in [3.05, 3.63) is 47.9 Å². The van der Waals surface area contributed by atoms with E-state index in [1.807, 2.05) is 0 Å². The molecule has 1 unspecified atom stereocenters. The predicted molar refractivity (Wildman–Crippen MR) is 94.4 cm³/mol. The van der Waals surface area contributed by atoms with Crippen molar-refractivity contribution in [1.82, 2.24) is 14.8 Å². The average Bonchev–Trinajstić information content (AvgIpc) is 3.19. The maximum atomic E-state index is 13.1. The molecule has 1 saturated heterocycles. The minimum atomic E-state index is -0.376. The summed E-state index contributed by atoms with van der Waals surface area (Å²) >= 11 is 0. The van der Waals surface area contributed by atoms with Gasteiger partial charge >= 0.3 is 0 Å². The first-order valence-electron chi connectivity index (χ1n) is 8.61. The van der Waals surface area contributed by atoms with E-state index in [0.29, 0.717) is 12.3 Å². The van der Waals surface area contributed by atoms with Gasteiger partial charge in [0.1, 0.15) is 17.8 Å². The van der Waals surface area contributed by atoms with Crippen molar-refractivity contribution >= 4 is 5.91 Å². The van der Waals surface area contributed by atoms with Gasteiger partial charge in [-0.15, -0.1) is 0 Å². The Balaban J connectivity index is 1.57. The highest BCUT2D eigenvalue weighted by atomic mass is 19.1. The molecular formula is C19H24FN3O3. The lowest BCUT2D eigenvalue weighted by Gasteiger charge is -2.29. The monoisotopic (exact) mass is 361 g/mol. The summed E-state index contributed by atoms with van der Waals surface area (Å²) in [7, 11) is 3.87. The van der Waals surface area contributed by atoms with Crippen LogP contribution in [0.3, 0.4) is 0 Å². The van der Waals surface area contributed by atoms with E-state index in [1.165, 1.54) is 18.4 Å². The van der Waals surface area contributed by atoms with Crippen LogP contribution in [0.2, 0.25) is 0 Å². The average molecular weight is 361 g/mol. The van der Waals surface area contributed by atoms with Crippen molar-refractivity contribution < 1.29 is 18.3 Å². The second kappa shape index (κ2) is 7.45. The van der Waals surface area contributed by atoms with Gasteiger partial charge in [-0.25, -0.2) is 9.37 Å². The Hall–Kier alpha value is -2.41. The summed E-state index contributed by atoms with van der Waals surface area (Å²) in [4.78, 5) is 20.7. The van der Waals surface area contributed by atoms with E-state index in [4.69, 9.17) is 9.15 Å². The Kier molecular flexibility index (Phi) is 5.27. The first-order chi connectivity index (χ1) is 12.3. The standard InChI is InChI=1S/C19H24FN3O3/c1-19(7-8-22(2)12-19)13-23(3)18(24)16-10-26-17(21-16)11-25-15-6-4-5-14(20)9-15/h4-6,9-10H,7-8,11-13H2,1-3H3. The van der Waals surface area contributed by atoms with Crippen LogP contribution >= 0.6 is 0 Å². The third kappa shape index (κ3) is 4.40. The van der Waals surface area contributed by atoms with E-state index in [1.54, 1.807) is 24.1 Å². The molecule has 0 radical (unpaired) electrons. The predicted octanol–water partition coefficient (Wildman–Crippen LogP) is 2.81. The van der Waals surface area contributed by atoms with Crippen molar-refractivity contribution in [2.75, 3.05) is 33.7 Å². The lowest BCUT2D eigenvalue weighted by molar-refractivity contribution is 0.0724. The molecule has 0 spiro atoms. The number of hydrogen-bond donors (Lipinski definition) is 0. The number of hydrogen-bond acceptors (Lipinski definition) is 5. The number of amides is 1. The van der Waals surface area contributed by atoms with E-state index >= 15 is 0 Å². The van der Waals surface area contributed by atoms with Crippen LogP contribution in [0.1, 0.15) is 29.7 Å². The molecule has 0 saturated carbocycles. The summed E-state index contributed by atoms with van der Waals surface area (Å²) in [6.45, 7) is 4.91. The molecule has 1 atom stereocenters. The molecule has 26 heavy (non-hydrogen) atoms. The van der Waals surface area contributed by atoms with E-state index in [0.717, 1.165) is 19.5 Å². The summed E-state index contributed by atoms with van der Waals surface area (Å²) in [6, 6.07) is 5.83. The van der Waals surface area contributed by atoms with Gasteiger partial charge in [0.2, 0.25) is 5.89 Å². The van der Waals surface area contributed by atoms with Gasteiger partial charge in [0, 0.05) is 26.2 Å². The van der Waals surface area contributed by atoms with Gasteiger partial charge in [-0.05, 0) is 37.6 Å². The normalized spacial score (nSPS) is 20.3. The van der Waals surface area contributed by atoms with Crippen LogP contribution in [0.15, 0.2) is 34.9 Å². The summed E-state index contributed by atoms with van der Waals surface area (Å²) in [6.07, 6.45) is 2.40. The zero-order chi connectivity index (χ0) is 18.7. The molecule has 1 aliphatic heterocycles. The molecule has 1 aliphatic rings. The summed E-state index contributed by atoms with van der Waals surface area (Å²) < 4.78 is 23.9. The largest absolute Gasteiger partial charge is 0.484 e. The highest BCUT2D eigenvalue weighted by Crippen LogP contribution is 2.30. The van der Waals surface area contributed by atoms with Crippen LogP contribution in [-0.4, -0.2) is 54.4 Å². The number of benzene rings is 1. The summed E-state index contributed by atoms with van der Waals surface area (Å²) in [5, 5.41) is 0. The molecule has 0 bridgehead atoms. The highest BCUT2D eigenvalue weighted by Gasteiger charge is 2.34. The number of nitrogens with zero attached hydrogens (tertiary/aromatic N) is 3. The zero-order valence-corrected chi connectivity index (χ0v) is 15.4. The molecule has 7 heteroatoms. The van der Waals surface area contributed by atoms with Crippen LogP contribution < -0.4 is 4.74 Å². The number of rotatable bonds is 6.